The maximum atomic E-state index is 13.6. The van der Waals surface area contributed by atoms with Crippen LogP contribution in [-0.2, 0) is 9.59 Å². The normalized spacial score (nSPS) is 25.3. The molecule has 0 aromatic rings. The Labute approximate surface area is 238 Å². The van der Waals surface area contributed by atoms with Crippen LogP contribution in [0, 0.1) is 24.7 Å². The quantitative estimate of drug-likeness (QED) is 0.175. The first-order chi connectivity index (χ1) is 18.8. The van der Waals surface area contributed by atoms with Crippen molar-refractivity contribution in [2.24, 2.45) is 11.8 Å². The number of aliphatic hydroxyl groups is 1. The molecule has 3 aliphatic rings. The molecule has 2 aliphatic heterocycles. The number of aliphatic hydroxyl groups excluding tert-OH is 1. The number of hydrogen-bond acceptors (Lipinski definition) is 4. The highest BCUT2D eigenvalue weighted by molar-refractivity contribution is 5.79. The first-order valence-electron chi connectivity index (χ1n) is 14.1. The average molecular weight is 545 g/mol. The van der Waals surface area contributed by atoms with Crippen LogP contribution < -0.4 is 0 Å². The van der Waals surface area contributed by atoms with Gasteiger partial charge in [-0.3, -0.25) is 14.5 Å². The van der Waals surface area contributed by atoms with Crippen molar-refractivity contribution < 1.29 is 19.1 Å². The number of aldehydes is 1. The smallest absolute Gasteiger partial charge is 0.225 e. The van der Waals surface area contributed by atoms with Gasteiger partial charge in [0.15, 0.2) is 0 Å². The van der Waals surface area contributed by atoms with Crippen LogP contribution in [0.4, 0.5) is 4.39 Å². The Morgan fingerprint density at radius 1 is 1.13 bits per heavy atom. The number of allylic oxidation sites excluding steroid dienone is 9. The predicted molar refractivity (Wildman–Crippen MR) is 164 cm³/mol. The second-order valence-electron chi connectivity index (χ2n) is 9.41. The molecule has 1 amide bonds. The third kappa shape index (κ3) is 15.4. The molecule has 6 heteroatoms. The molecular formula is C33H53FN2O3. The van der Waals surface area contributed by atoms with E-state index in [1.54, 1.807) is 18.2 Å². The molecule has 1 aliphatic carbocycles. The SMILES string of the molecule is C#C.C=C/C=C(\C)C1C=C(F)C/C=C(/C=O)C/C=C\1.CC.CC1CCCN(CCN2CCCC2C)C1=O.CO. The highest BCUT2D eigenvalue weighted by Crippen LogP contribution is 2.22. The molecule has 39 heavy (non-hydrogen) atoms. The van der Waals surface area contributed by atoms with Crippen LogP contribution in [0.15, 0.2) is 60.0 Å². The van der Waals surface area contributed by atoms with Gasteiger partial charge in [-0.25, -0.2) is 4.39 Å². The van der Waals surface area contributed by atoms with E-state index in [1.165, 1.54) is 25.8 Å². The van der Waals surface area contributed by atoms with Gasteiger partial charge in [-0.15, -0.1) is 12.8 Å². The number of likely N-dealkylation sites (tertiary alicyclic amines) is 2. The number of carbonyl (C=O) groups excluding carboxylic acids is 2. The lowest BCUT2D eigenvalue weighted by molar-refractivity contribution is -0.138. The van der Waals surface area contributed by atoms with E-state index >= 15 is 0 Å². The summed E-state index contributed by atoms with van der Waals surface area (Å²) in [5, 5.41) is 7.00. The Bertz CT molecular complexity index is 841. The van der Waals surface area contributed by atoms with Gasteiger partial charge in [0.25, 0.3) is 0 Å². The minimum absolute atomic E-state index is 0.0626. The molecule has 0 bridgehead atoms. The molecule has 0 spiro atoms. The van der Waals surface area contributed by atoms with E-state index in [1.807, 2.05) is 39.0 Å². The van der Waals surface area contributed by atoms with E-state index in [-0.39, 0.29) is 24.1 Å². The molecule has 1 N–H and O–H groups in total. The molecule has 0 radical (unpaired) electrons. The van der Waals surface area contributed by atoms with Crippen molar-refractivity contribution in [2.45, 2.75) is 79.2 Å². The summed E-state index contributed by atoms with van der Waals surface area (Å²) in [6.45, 7) is 18.1. The van der Waals surface area contributed by atoms with E-state index in [0.29, 0.717) is 17.9 Å². The predicted octanol–water partition coefficient (Wildman–Crippen LogP) is 6.68. The van der Waals surface area contributed by atoms with Crippen molar-refractivity contribution in [3.63, 3.8) is 0 Å². The Morgan fingerprint density at radius 2 is 1.77 bits per heavy atom. The largest absolute Gasteiger partial charge is 0.400 e. The molecule has 2 saturated heterocycles. The van der Waals surface area contributed by atoms with Gasteiger partial charge in [-0.1, -0.05) is 63.3 Å². The fourth-order valence-electron chi connectivity index (χ4n) is 4.59. The van der Waals surface area contributed by atoms with Crippen LogP contribution in [0.1, 0.15) is 73.1 Å². The van der Waals surface area contributed by atoms with Crippen LogP contribution in [0.5, 0.6) is 0 Å². The topological polar surface area (TPSA) is 60.9 Å². The summed E-state index contributed by atoms with van der Waals surface area (Å²) in [5.74, 6) is 0.355. The first kappa shape index (κ1) is 38.4. The lowest BCUT2D eigenvalue weighted by Crippen LogP contribution is -2.44. The number of piperidine rings is 1. The number of hydrogen-bond donors (Lipinski definition) is 1. The van der Waals surface area contributed by atoms with Gasteiger partial charge >= 0.3 is 0 Å². The molecule has 3 unspecified atom stereocenters. The molecule has 2 fully saturated rings. The number of nitrogens with zero attached hydrogens (tertiary/aromatic N) is 2. The van der Waals surface area contributed by atoms with Crippen molar-refractivity contribution >= 4 is 12.2 Å². The van der Waals surface area contributed by atoms with E-state index in [0.717, 1.165) is 51.1 Å². The highest BCUT2D eigenvalue weighted by atomic mass is 19.1. The van der Waals surface area contributed by atoms with Crippen molar-refractivity contribution in [1.29, 1.82) is 0 Å². The molecular weight excluding hydrogens is 491 g/mol. The van der Waals surface area contributed by atoms with Crippen LogP contribution in [0.3, 0.4) is 0 Å². The Balaban J connectivity index is 0. The molecule has 0 saturated carbocycles. The van der Waals surface area contributed by atoms with Crippen molar-refractivity contribution in [3.05, 3.63) is 60.0 Å². The minimum Gasteiger partial charge on any atom is -0.400 e. The monoisotopic (exact) mass is 544 g/mol. The van der Waals surface area contributed by atoms with E-state index in [2.05, 4.69) is 43.1 Å². The lowest BCUT2D eigenvalue weighted by Gasteiger charge is -2.32. The molecule has 2 heterocycles. The summed E-state index contributed by atoms with van der Waals surface area (Å²) < 4.78 is 13.6. The summed E-state index contributed by atoms with van der Waals surface area (Å²) in [7, 11) is 1.00. The van der Waals surface area contributed by atoms with E-state index in [4.69, 9.17) is 5.11 Å². The maximum absolute atomic E-state index is 13.6. The zero-order chi connectivity index (χ0) is 30.2. The number of amides is 1. The zero-order valence-corrected chi connectivity index (χ0v) is 25.2. The summed E-state index contributed by atoms with van der Waals surface area (Å²) in [6.07, 6.45) is 25.0. The lowest BCUT2D eigenvalue weighted by atomic mass is 9.98. The number of rotatable bonds is 6. The Morgan fingerprint density at radius 3 is 2.33 bits per heavy atom. The first-order valence-corrected chi connectivity index (χ1v) is 14.1. The summed E-state index contributed by atoms with van der Waals surface area (Å²) in [5.41, 5.74) is 1.65. The maximum Gasteiger partial charge on any atom is 0.225 e. The number of halogens is 1. The van der Waals surface area contributed by atoms with Gasteiger partial charge in [0.2, 0.25) is 5.91 Å². The van der Waals surface area contributed by atoms with Crippen molar-refractivity contribution in [3.8, 4) is 12.8 Å². The minimum atomic E-state index is -0.210. The fraction of sp³-hybridized carbons (Fsp3) is 0.576. The van der Waals surface area contributed by atoms with Gasteiger partial charge < -0.3 is 10.0 Å². The van der Waals surface area contributed by atoms with Gasteiger partial charge in [0.1, 0.15) is 12.1 Å². The standard InChI is InChI=1S/C15H17FO.C13H24N2O.C2H6.C2H2.CH4O/c1-3-5-12(2)14-7-4-6-13(11-17)8-9-15(16)10-14;1-11-5-3-8-15(13(11)16)10-9-14-7-4-6-12(14)2;3*1-2/h3-5,7-8,10-11,14H,1,6,9H2,2H3;11-12H,3-10H2,1-2H3;1-2H3;1-2H;2H,1H3/b7-4-,12-5+,13-8+,15-10?;;;;. The van der Waals surface area contributed by atoms with Crippen LogP contribution in [0.2, 0.25) is 0 Å². The van der Waals surface area contributed by atoms with Gasteiger partial charge in [0.05, 0.1) is 0 Å². The van der Waals surface area contributed by atoms with E-state index in [9.17, 15) is 14.0 Å². The zero-order valence-electron chi connectivity index (χ0n) is 25.2. The van der Waals surface area contributed by atoms with Gasteiger partial charge in [0, 0.05) is 51.0 Å². The third-order valence-corrected chi connectivity index (χ3v) is 6.82. The number of carbonyl (C=O) groups is 2. The molecule has 3 atom stereocenters. The summed E-state index contributed by atoms with van der Waals surface area (Å²) in [6, 6.07) is 0.720. The highest BCUT2D eigenvalue weighted by Gasteiger charge is 2.26. The molecule has 0 aromatic heterocycles. The molecule has 3 rings (SSSR count). The average Bonchev–Trinajstić information content (AvgIpc) is 3.41. The van der Waals surface area contributed by atoms with Crippen molar-refractivity contribution in [2.75, 3.05) is 33.3 Å². The summed E-state index contributed by atoms with van der Waals surface area (Å²) >= 11 is 0. The second-order valence-corrected chi connectivity index (χ2v) is 9.41. The Hall–Kier alpha value is -2.75. The van der Waals surface area contributed by atoms with Crippen LogP contribution in [0.25, 0.3) is 0 Å². The van der Waals surface area contributed by atoms with Gasteiger partial charge in [-0.2, -0.15) is 0 Å². The third-order valence-electron chi connectivity index (χ3n) is 6.82. The van der Waals surface area contributed by atoms with Gasteiger partial charge in [-0.05, 0) is 64.1 Å². The molecule has 0 aromatic carbocycles. The van der Waals surface area contributed by atoms with Crippen molar-refractivity contribution in [1.82, 2.24) is 9.80 Å². The molecule has 220 valence electrons. The fourth-order valence-corrected chi connectivity index (χ4v) is 4.59. The Kier molecular flexibility index (Phi) is 23.9. The van der Waals surface area contributed by atoms with Crippen LogP contribution >= 0.6 is 0 Å². The number of terminal acetylenes is 1. The second kappa shape index (κ2) is 24.3. The molecule has 5 nitrogen and oxygen atoms in total. The van der Waals surface area contributed by atoms with E-state index < -0.39 is 0 Å². The van der Waals surface area contributed by atoms with Crippen LogP contribution in [-0.4, -0.2) is 66.4 Å². The summed E-state index contributed by atoms with van der Waals surface area (Å²) in [4.78, 5) is 27.2.